The third-order valence-corrected chi connectivity index (χ3v) is 3.40. The molecule has 0 bridgehead atoms. The SMILES string of the molecule is Nc1nc2cccc(Cl)c2n1Cc1ccc(F)cc1F. The Balaban J connectivity index is 2.13. The maximum Gasteiger partial charge on any atom is 0.201 e. The molecule has 20 heavy (non-hydrogen) atoms. The first-order chi connectivity index (χ1) is 9.56. The second-order valence-electron chi connectivity index (χ2n) is 4.40. The van der Waals surface area contributed by atoms with Crippen molar-refractivity contribution in [1.82, 2.24) is 9.55 Å². The van der Waals surface area contributed by atoms with Gasteiger partial charge in [-0.15, -0.1) is 0 Å². The van der Waals surface area contributed by atoms with E-state index in [4.69, 9.17) is 17.3 Å². The summed E-state index contributed by atoms with van der Waals surface area (Å²) in [4.78, 5) is 4.18. The number of benzene rings is 2. The Morgan fingerprint density at radius 1 is 1.20 bits per heavy atom. The summed E-state index contributed by atoms with van der Waals surface area (Å²) in [5, 5.41) is 0.481. The number of fused-ring (bicyclic) bond motifs is 1. The average Bonchev–Trinajstić information content (AvgIpc) is 2.70. The number of halogens is 3. The maximum atomic E-state index is 13.7. The highest BCUT2D eigenvalue weighted by Gasteiger charge is 2.13. The molecule has 6 heteroatoms. The van der Waals surface area contributed by atoms with E-state index >= 15 is 0 Å². The molecule has 0 aliphatic carbocycles. The maximum absolute atomic E-state index is 13.7. The summed E-state index contributed by atoms with van der Waals surface area (Å²) in [7, 11) is 0. The molecule has 1 aromatic heterocycles. The van der Waals surface area contributed by atoms with Gasteiger partial charge in [-0.05, 0) is 18.2 Å². The fourth-order valence-corrected chi connectivity index (χ4v) is 2.41. The summed E-state index contributed by atoms with van der Waals surface area (Å²) in [5.41, 5.74) is 7.43. The van der Waals surface area contributed by atoms with Crippen molar-refractivity contribution in [3.8, 4) is 0 Å². The molecule has 0 atom stereocenters. The standard InChI is InChI=1S/C14H10ClF2N3/c15-10-2-1-3-12-13(10)20(14(18)19-12)7-8-4-5-9(16)6-11(8)17/h1-6H,7H2,(H2,18,19). The predicted molar refractivity (Wildman–Crippen MR) is 74.6 cm³/mol. The van der Waals surface area contributed by atoms with Gasteiger partial charge in [0, 0.05) is 11.6 Å². The first-order valence-electron chi connectivity index (χ1n) is 5.90. The van der Waals surface area contributed by atoms with Crippen LogP contribution in [0.4, 0.5) is 14.7 Å². The minimum atomic E-state index is -0.627. The molecular weight excluding hydrogens is 284 g/mol. The molecule has 102 valence electrons. The zero-order valence-electron chi connectivity index (χ0n) is 10.3. The van der Waals surface area contributed by atoms with E-state index < -0.39 is 11.6 Å². The lowest BCUT2D eigenvalue weighted by molar-refractivity contribution is 0.568. The van der Waals surface area contributed by atoms with Crippen molar-refractivity contribution in [3.63, 3.8) is 0 Å². The number of nitrogens with two attached hydrogens (primary N) is 1. The van der Waals surface area contributed by atoms with Gasteiger partial charge in [0.1, 0.15) is 11.6 Å². The van der Waals surface area contributed by atoms with E-state index in [0.717, 1.165) is 6.07 Å². The van der Waals surface area contributed by atoms with Crippen LogP contribution in [0.1, 0.15) is 5.56 Å². The summed E-state index contributed by atoms with van der Waals surface area (Å²) in [5.74, 6) is -1.01. The van der Waals surface area contributed by atoms with Gasteiger partial charge in [-0.2, -0.15) is 0 Å². The Morgan fingerprint density at radius 3 is 2.75 bits per heavy atom. The van der Waals surface area contributed by atoms with Gasteiger partial charge < -0.3 is 10.3 Å². The smallest absolute Gasteiger partial charge is 0.201 e. The number of anilines is 1. The molecule has 0 unspecified atom stereocenters. The van der Waals surface area contributed by atoms with Crippen LogP contribution < -0.4 is 5.73 Å². The summed E-state index contributed by atoms with van der Waals surface area (Å²) < 4.78 is 28.3. The Kier molecular flexibility index (Phi) is 3.06. The molecule has 0 saturated carbocycles. The van der Waals surface area contributed by atoms with Gasteiger partial charge in [0.2, 0.25) is 5.95 Å². The quantitative estimate of drug-likeness (QED) is 0.784. The molecule has 3 aromatic rings. The highest BCUT2D eigenvalue weighted by atomic mass is 35.5. The number of nitrogen functional groups attached to an aromatic ring is 1. The summed E-state index contributed by atoms with van der Waals surface area (Å²) in [6, 6.07) is 8.67. The normalized spacial score (nSPS) is 11.2. The van der Waals surface area contributed by atoms with Crippen LogP contribution in [0.3, 0.4) is 0 Å². The summed E-state index contributed by atoms with van der Waals surface area (Å²) >= 11 is 6.14. The molecule has 0 saturated heterocycles. The highest BCUT2D eigenvalue weighted by Crippen LogP contribution is 2.27. The third kappa shape index (κ3) is 2.10. The Hall–Kier alpha value is -2.14. The van der Waals surface area contributed by atoms with Gasteiger partial charge in [0.25, 0.3) is 0 Å². The first-order valence-corrected chi connectivity index (χ1v) is 6.28. The van der Waals surface area contributed by atoms with Crippen molar-refractivity contribution in [2.24, 2.45) is 0 Å². The lowest BCUT2D eigenvalue weighted by Gasteiger charge is -2.08. The van der Waals surface area contributed by atoms with Gasteiger partial charge in [0.15, 0.2) is 0 Å². The van der Waals surface area contributed by atoms with E-state index in [1.165, 1.54) is 12.1 Å². The molecule has 0 radical (unpaired) electrons. The zero-order chi connectivity index (χ0) is 14.3. The molecule has 0 aliphatic heterocycles. The van der Waals surface area contributed by atoms with E-state index in [2.05, 4.69) is 4.98 Å². The molecule has 1 heterocycles. The third-order valence-electron chi connectivity index (χ3n) is 3.09. The minimum Gasteiger partial charge on any atom is -0.369 e. The molecule has 3 rings (SSSR count). The highest BCUT2D eigenvalue weighted by molar-refractivity contribution is 6.35. The molecule has 3 nitrogen and oxygen atoms in total. The summed E-state index contributed by atoms with van der Waals surface area (Å²) in [6.45, 7) is 0.137. The van der Waals surface area contributed by atoms with Crippen molar-refractivity contribution in [3.05, 3.63) is 58.6 Å². The molecule has 0 amide bonds. The fourth-order valence-electron chi connectivity index (χ4n) is 2.14. The lowest BCUT2D eigenvalue weighted by atomic mass is 10.2. The number of rotatable bonds is 2. The van der Waals surface area contributed by atoms with E-state index in [9.17, 15) is 8.78 Å². The Morgan fingerprint density at radius 2 is 2.00 bits per heavy atom. The monoisotopic (exact) mass is 293 g/mol. The molecular formula is C14H10ClF2N3. The minimum absolute atomic E-state index is 0.137. The number of imidazole rings is 1. The number of hydrogen-bond acceptors (Lipinski definition) is 2. The molecule has 0 aliphatic rings. The van der Waals surface area contributed by atoms with Crippen LogP contribution in [-0.4, -0.2) is 9.55 Å². The van der Waals surface area contributed by atoms with Crippen LogP contribution in [0.25, 0.3) is 11.0 Å². The van der Waals surface area contributed by atoms with Gasteiger partial charge in [0.05, 0.1) is 22.6 Å². The van der Waals surface area contributed by atoms with Crippen LogP contribution in [-0.2, 0) is 6.54 Å². The number of para-hydroxylation sites is 1. The first kappa shape index (κ1) is 12.9. The Bertz CT molecular complexity index is 798. The zero-order valence-corrected chi connectivity index (χ0v) is 11.0. The van der Waals surface area contributed by atoms with Crippen molar-refractivity contribution >= 4 is 28.6 Å². The van der Waals surface area contributed by atoms with Crippen molar-refractivity contribution in [2.75, 3.05) is 5.73 Å². The topological polar surface area (TPSA) is 43.8 Å². The van der Waals surface area contributed by atoms with Crippen LogP contribution >= 0.6 is 11.6 Å². The van der Waals surface area contributed by atoms with E-state index in [1.54, 1.807) is 22.8 Å². The average molecular weight is 294 g/mol. The molecule has 2 aromatic carbocycles. The molecule has 0 spiro atoms. The van der Waals surface area contributed by atoms with E-state index in [1.807, 2.05) is 0 Å². The predicted octanol–water partition coefficient (Wildman–Crippen LogP) is 3.60. The van der Waals surface area contributed by atoms with Crippen molar-refractivity contribution < 1.29 is 8.78 Å². The van der Waals surface area contributed by atoms with Crippen molar-refractivity contribution in [1.29, 1.82) is 0 Å². The van der Waals surface area contributed by atoms with Gasteiger partial charge in [-0.3, -0.25) is 0 Å². The van der Waals surface area contributed by atoms with Gasteiger partial charge in [-0.25, -0.2) is 13.8 Å². The Labute approximate surface area is 118 Å². The second kappa shape index (κ2) is 4.76. The van der Waals surface area contributed by atoms with Gasteiger partial charge in [-0.1, -0.05) is 23.7 Å². The lowest BCUT2D eigenvalue weighted by Crippen LogP contribution is -2.06. The van der Waals surface area contributed by atoms with Crippen LogP contribution in [0.2, 0.25) is 5.02 Å². The number of hydrogen-bond donors (Lipinski definition) is 1. The fraction of sp³-hybridized carbons (Fsp3) is 0.0714. The van der Waals surface area contributed by atoms with Gasteiger partial charge >= 0.3 is 0 Å². The van der Waals surface area contributed by atoms with E-state index in [0.29, 0.717) is 21.6 Å². The van der Waals surface area contributed by atoms with Crippen LogP contribution in [0.15, 0.2) is 36.4 Å². The number of aromatic nitrogens is 2. The van der Waals surface area contributed by atoms with E-state index in [-0.39, 0.29) is 12.5 Å². The van der Waals surface area contributed by atoms with Crippen LogP contribution in [0.5, 0.6) is 0 Å². The largest absolute Gasteiger partial charge is 0.369 e. The molecule has 2 N–H and O–H groups in total. The summed E-state index contributed by atoms with van der Waals surface area (Å²) in [6.07, 6.45) is 0. The number of nitrogens with zero attached hydrogens (tertiary/aromatic N) is 2. The second-order valence-corrected chi connectivity index (χ2v) is 4.81. The van der Waals surface area contributed by atoms with Crippen molar-refractivity contribution in [2.45, 2.75) is 6.54 Å². The molecule has 0 fully saturated rings. The van der Waals surface area contributed by atoms with Crippen LogP contribution in [0, 0.1) is 11.6 Å².